The lowest BCUT2D eigenvalue weighted by Gasteiger charge is -2.39. The first-order valence-electron chi connectivity index (χ1n) is 13.9. The summed E-state index contributed by atoms with van der Waals surface area (Å²) in [5.74, 6) is -1.83. The van der Waals surface area contributed by atoms with Gasteiger partial charge in [-0.3, -0.25) is 9.69 Å². The van der Waals surface area contributed by atoms with Crippen molar-refractivity contribution in [3.8, 4) is 5.88 Å². The summed E-state index contributed by atoms with van der Waals surface area (Å²) < 4.78 is 24.3. The first-order valence-corrected chi connectivity index (χ1v) is 14.7. The molecule has 1 saturated carbocycles. The number of aryl methyl sites for hydroxylation is 1. The number of benzene rings is 3. The Kier molecular flexibility index (Phi) is 5.52. The van der Waals surface area contributed by atoms with E-state index >= 15 is 4.39 Å². The molecule has 4 aliphatic rings. The molecule has 1 spiro atoms. The lowest BCUT2D eigenvalue weighted by molar-refractivity contribution is -0.128. The lowest BCUT2D eigenvalue weighted by atomic mass is 9.73. The molecule has 11 heteroatoms. The molecule has 3 aliphatic heterocycles. The summed E-state index contributed by atoms with van der Waals surface area (Å²) in [5.41, 5.74) is 1.58. The molecule has 1 aliphatic carbocycles. The van der Waals surface area contributed by atoms with Crippen LogP contribution in [-0.4, -0.2) is 50.9 Å². The fraction of sp³-hybridized carbons (Fsp3) is 0.323. The number of carbonyl (C=O) groups excluding carboxylic acids is 1. The second-order valence-corrected chi connectivity index (χ2v) is 12.5. The van der Waals surface area contributed by atoms with Crippen LogP contribution in [0.15, 0.2) is 48.5 Å². The van der Waals surface area contributed by atoms with Crippen LogP contribution in [0.25, 0.3) is 10.9 Å². The van der Waals surface area contributed by atoms with Crippen LogP contribution >= 0.6 is 23.2 Å². The van der Waals surface area contributed by atoms with Crippen LogP contribution in [0.3, 0.4) is 0 Å². The highest BCUT2D eigenvalue weighted by Gasteiger charge is 2.69. The van der Waals surface area contributed by atoms with Gasteiger partial charge in [-0.05, 0) is 67.1 Å². The first-order chi connectivity index (χ1) is 20.2. The van der Waals surface area contributed by atoms with E-state index < -0.39 is 29.3 Å². The van der Waals surface area contributed by atoms with Crippen LogP contribution in [0.2, 0.25) is 10.0 Å². The normalized spacial score (nSPS) is 26.2. The zero-order chi connectivity index (χ0) is 29.1. The van der Waals surface area contributed by atoms with Gasteiger partial charge < -0.3 is 15.2 Å². The van der Waals surface area contributed by atoms with E-state index in [4.69, 9.17) is 33.0 Å². The van der Waals surface area contributed by atoms with E-state index in [2.05, 4.69) is 10.2 Å². The minimum Gasteiger partial charge on any atom is -0.478 e. The van der Waals surface area contributed by atoms with Crippen LogP contribution in [-0.2, 0) is 10.3 Å². The number of carbonyl (C=O) groups is 2. The number of carboxylic acid groups (broad SMARTS) is 1. The summed E-state index contributed by atoms with van der Waals surface area (Å²) in [6, 6.07) is 12.5. The van der Waals surface area contributed by atoms with E-state index in [1.807, 2.05) is 6.07 Å². The number of aromatic carboxylic acids is 1. The average molecular weight is 607 g/mol. The average Bonchev–Trinajstić information content (AvgIpc) is 3.53. The molecule has 0 radical (unpaired) electrons. The Morgan fingerprint density at radius 3 is 2.79 bits per heavy atom. The number of nitrogens with one attached hydrogen (secondary N) is 1. The minimum atomic E-state index is -1.30. The minimum absolute atomic E-state index is 0.0329. The van der Waals surface area contributed by atoms with Crippen molar-refractivity contribution in [3.05, 3.63) is 86.6 Å². The molecule has 8 nitrogen and oxygen atoms in total. The maximum atomic E-state index is 16.2. The summed E-state index contributed by atoms with van der Waals surface area (Å²) in [7, 11) is 0. The highest BCUT2D eigenvalue weighted by molar-refractivity contribution is 6.31. The van der Waals surface area contributed by atoms with E-state index in [0.717, 1.165) is 18.4 Å². The fourth-order valence-electron chi connectivity index (χ4n) is 7.56. The third-order valence-corrected chi connectivity index (χ3v) is 10.0. The van der Waals surface area contributed by atoms with Gasteiger partial charge in [0, 0.05) is 28.7 Å². The zero-order valence-corrected chi connectivity index (χ0v) is 23.9. The third-order valence-electron chi connectivity index (χ3n) is 9.48. The van der Waals surface area contributed by atoms with Crippen LogP contribution in [0.1, 0.15) is 51.8 Å². The molecule has 4 aromatic rings. The number of amides is 1. The molecule has 42 heavy (non-hydrogen) atoms. The molecule has 4 heterocycles. The van der Waals surface area contributed by atoms with Crippen molar-refractivity contribution in [1.29, 1.82) is 0 Å². The second-order valence-electron chi connectivity index (χ2n) is 11.7. The van der Waals surface area contributed by atoms with Gasteiger partial charge in [-0.25, -0.2) is 13.9 Å². The number of halogens is 3. The summed E-state index contributed by atoms with van der Waals surface area (Å²) >= 11 is 12.7. The second kappa shape index (κ2) is 8.92. The molecule has 2 N–H and O–H groups in total. The Balaban J connectivity index is 1.44. The van der Waals surface area contributed by atoms with Gasteiger partial charge in [0.15, 0.2) is 0 Å². The molecule has 2 fully saturated rings. The Labute approximate surface area is 250 Å². The molecule has 0 bridgehead atoms. The molecular weight excluding hydrogens is 582 g/mol. The van der Waals surface area contributed by atoms with E-state index in [1.165, 1.54) is 12.1 Å². The van der Waals surface area contributed by atoms with Gasteiger partial charge in [-0.2, -0.15) is 5.10 Å². The topological polar surface area (TPSA) is 96.7 Å². The summed E-state index contributed by atoms with van der Waals surface area (Å²) in [5, 5.41) is 18.8. The highest BCUT2D eigenvalue weighted by Crippen LogP contribution is 2.63. The van der Waals surface area contributed by atoms with Gasteiger partial charge in [0.05, 0.1) is 33.6 Å². The van der Waals surface area contributed by atoms with Gasteiger partial charge >= 0.3 is 5.97 Å². The van der Waals surface area contributed by atoms with Crippen LogP contribution in [0.4, 0.5) is 10.1 Å². The predicted molar refractivity (Wildman–Crippen MR) is 155 cm³/mol. The largest absolute Gasteiger partial charge is 0.478 e. The van der Waals surface area contributed by atoms with Gasteiger partial charge in [-0.15, -0.1) is 0 Å². The van der Waals surface area contributed by atoms with E-state index in [9.17, 15) is 14.7 Å². The summed E-state index contributed by atoms with van der Waals surface area (Å²) in [6.07, 6.45) is 2.09. The smallest absolute Gasteiger partial charge is 0.335 e. The summed E-state index contributed by atoms with van der Waals surface area (Å²) in [6.45, 7) is 2.57. The third kappa shape index (κ3) is 3.35. The zero-order valence-electron chi connectivity index (χ0n) is 22.4. The van der Waals surface area contributed by atoms with Crippen LogP contribution in [0.5, 0.6) is 5.88 Å². The van der Waals surface area contributed by atoms with E-state index in [1.54, 1.807) is 41.9 Å². The molecule has 1 saturated heterocycles. The number of ether oxygens (including phenoxy) is 1. The molecular formula is C31H25Cl2FN4O4. The molecule has 214 valence electrons. The van der Waals surface area contributed by atoms with Crippen molar-refractivity contribution in [3.63, 3.8) is 0 Å². The monoisotopic (exact) mass is 606 g/mol. The first kappa shape index (κ1) is 26.0. The molecule has 1 amide bonds. The Morgan fingerprint density at radius 1 is 1.21 bits per heavy atom. The number of nitrogens with zero attached hydrogens (tertiary/aromatic N) is 3. The van der Waals surface area contributed by atoms with Crippen molar-refractivity contribution in [1.82, 2.24) is 14.7 Å². The quantitative estimate of drug-likeness (QED) is 0.289. The Bertz CT molecular complexity index is 1860. The van der Waals surface area contributed by atoms with Crippen LogP contribution in [0, 0.1) is 18.7 Å². The number of hydrogen-bond donors (Lipinski definition) is 2. The maximum absolute atomic E-state index is 16.2. The SMILES string of the molecule is Cc1c(C(=O)O)ccc2nn3c(c12)OC[C@@H]1[C@H]3[C@@H](c2cccc(Cl)c2F)[C@@]2(C(=O)Nc3cc(Cl)ccc32)N1CC1CC1. The Morgan fingerprint density at radius 2 is 2.02 bits per heavy atom. The van der Waals surface area contributed by atoms with E-state index in [-0.39, 0.29) is 29.1 Å². The molecule has 3 aromatic carbocycles. The van der Waals surface area contributed by atoms with Gasteiger partial charge in [0.2, 0.25) is 11.8 Å². The number of hydrogen-bond acceptors (Lipinski definition) is 5. The number of rotatable bonds is 4. The van der Waals surface area contributed by atoms with Gasteiger partial charge in [-0.1, -0.05) is 41.4 Å². The number of fused-ring (bicyclic) bond motifs is 7. The molecule has 8 rings (SSSR count). The van der Waals surface area contributed by atoms with Crippen molar-refractivity contribution < 1.29 is 23.8 Å². The number of aromatic nitrogens is 2. The van der Waals surface area contributed by atoms with Gasteiger partial charge in [0.25, 0.3) is 0 Å². The molecule has 4 atom stereocenters. The van der Waals surface area contributed by atoms with Crippen LogP contribution < -0.4 is 10.1 Å². The number of likely N-dealkylation sites (tertiary alicyclic amines) is 1. The van der Waals surface area contributed by atoms with Crippen molar-refractivity contribution >= 4 is 51.7 Å². The van der Waals surface area contributed by atoms with Gasteiger partial charge in [0.1, 0.15) is 18.0 Å². The van der Waals surface area contributed by atoms with Crippen molar-refractivity contribution in [2.24, 2.45) is 5.92 Å². The van der Waals surface area contributed by atoms with E-state index in [0.29, 0.717) is 51.1 Å². The predicted octanol–water partition coefficient (Wildman–Crippen LogP) is 6.15. The van der Waals surface area contributed by atoms with Crippen molar-refractivity contribution in [2.45, 2.75) is 43.3 Å². The van der Waals surface area contributed by atoms with Crippen molar-refractivity contribution in [2.75, 3.05) is 18.5 Å². The summed E-state index contributed by atoms with van der Waals surface area (Å²) in [4.78, 5) is 28.6. The number of anilines is 1. The number of carboxylic acids is 1. The highest BCUT2D eigenvalue weighted by atomic mass is 35.5. The standard InChI is InChI=1S/C31H25Cl2FN4O4/c1-14-17(29(39)40)8-10-21-24(14)28-38(36-21)27-23(13-42-28)37(12-15-5-6-15)31(25(27)18-3-2-4-20(33)26(18)34)19-9-7-16(32)11-22(19)35-30(31)41/h2-4,7-11,15,23,25,27H,5-6,12-13H2,1H3,(H,35,41)(H,39,40)/t23-,25-,27+,31+/m1/s1. The lowest BCUT2D eigenvalue weighted by Crippen LogP contribution is -2.54. The maximum Gasteiger partial charge on any atom is 0.335 e. The molecule has 0 unspecified atom stereocenters. The molecule has 1 aromatic heterocycles. The Hall–Kier alpha value is -3.66. The fourth-order valence-corrected chi connectivity index (χ4v) is 7.92.